The van der Waals surface area contributed by atoms with Crippen LogP contribution in [0.2, 0.25) is 0 Å². The van der Waals surface area contributed by atoms with Crippen LogP contribution in [0.5, 0.6) is 11.5 Å². The lowest BCUT2D eigenvalue weighted by molar-refractivity contribution is -0.614. The number of piperidine rings is 1. The number of rotatable bonds is 5. The Morgan fingerprint density at radius 2 is 2.06 bits per heavy atom. The Kier molecular flexibility index (Phi) is 5.92. The van der Waals surface area contributed by atoms with Crippen LogP contribution in [-0.2, 0) is 11.3 Å². The van der Waals surface area contributed by atoms with E-state index in [2.05, 4.69) is 19.8 Å². The Hall–Kier alpha value is -3.23. The van der Waals surface area contributed by atoms with Crippen molar-refractivity contribution >= 4 is 32.6 Å². The van der Waals surface area contributed by atoms with E-state index in [-0.39, 0.29) is 47.5 Å². The number of nitrogens with two attached hydrogens (primary N) is 1. The third-order valence-electron chi connectivity index (χ3n) is 6.36. The molecule has 3 aromatic rings. The molecule has 9 nitrogen and oxygen atoms in total. The molecular formula is C22H21F4N5O4S. The molecule has 2 atom stereocenters. The van der Waals surface area contributed by atoms with Crippen molar-refractivity contribution in [1.29, 1.82) is 0 Å². The summed E-state index contributed by atoms with van der Waals surface area (Å²) in [5.41, 5.74) is 6.33. The van der Waals surface area contributed by atoms with Gasteiger partial charge in [-0.05, 0) is 12.5 Å². The van der Waals surface area contributed by atoms with Crippen molar-refractivity contribution in [3.05, 3.63) is 46.9 Å². The molecule has 0 spiro atoms. The number of halogens is 4. The zero-order valence-electron chi connectivity index (χ0n) is 18.8. The first-order valence-corrected chi connectivity index (χ1v) is 11.8. The number of nitrogens with zero attached hydrogens (tertiary/aromatic N) is 3. The van der Waals surface area contributed by atoms with E-state index in [1.54, 1.807) is 11.8 Å². The van der Waals surface area contributed by atoms with Crippen LogP contribution in [0.25, 0.3) is 10.2 Å². The maximum atomic E-state index is 14.8. The fourth-order valence-corrected chi connectivity index (χ4v) is 5.23. The summed E-state index contributed by atoms with van der Waals surface area (Å²) in [5, 5.41) is 14.7. The number of nitrogens with one attached hydrogen (secondary N) is 1. The van der Waals surface area contributed by atoms with Crippen LogP contribution < -0.4 is 25.3 Å². The molecule has 36 heavy (non-hydrogen) atoms. The van der Waals surface area contributed by atoms with Gasteiger partial charge in [-0.1, -0.05) is 11.3 Å². The van der Waals surface area contributed by atoms with Crippen molar-refractivity contribution in [1.82, 2.24) is 9.88 Å². The summed E-state index contributed by atoms with van der Waals surface area (Å²) in [7, 11) is 0. The fraction of sp³-hybridized carbons (Fsp3) is 0.409. The summed E-state index contributed by atoms with van der Waals surface area (Å²) in [4.78, 5) is 18.8. The van der Waals surface area contributed by atoms with Crippen molar-refractivity contribution in [3.8, 4) is 11.5 Å². The molecule has 1 amide bonds. The highest BCUT2D eigenvalue weighted by molar-refractivity contribution is 7.22. The number of ether oxygens (including phenoxy) is 2. The number of carbonyl (C=O) groups is 1. The van der Waals surface area contributed by atoms with Crippen molar-refractivity contribution in [2.45, 2.75) is 44.1 Å². The van der Waals surface area contributed by atoms with E-state index in [1.165, 1.54) is 24.3 Å². The van der Waals surface area contributed by atoms with Gasteiger partial charge in [-0.2, -0.15) is 4.73 Å². The van der Waals surface area contributed by atoms with Gasteiger partial charge < -0.3 is 25.7 Å². The van der Waals surface area contributed by atoms with Crippen LogP contribution in [-0.4, -0.2) is 47.1 Å². The van der Waals surface area contributed by atoms with E-state index in [9.17, 15) is 27.6 Å². The molecule has 14 heteroatoms. The Bertz CT molecular complexity index is 1290. The molecule has 0 aliphatic carbocycles. The Labute approximate surface area is 206 Å². The molecule has 2 aliphatic rings. The van der Waals surface area contributed by atoms with E-state index in [4.69, 9.17) is 5.73 Å². The lowest BCUT2D eigenvalue weighted by Crippen LogP contribution is -2.52. The minimum atomic E-state index is -3.75. The van der Waals surface area contributed by atoms with Crippen LogP contribution >= 0.6 is 11.3 Å². The van der Waals surface area contributed by atoms with E-state index in [0.717, 1.165) is 17.5 Å². The molecule has 1 unspecified atom stereocenters. The number of alkyl halides is 4. The Morgan fingerprint density at radius 3 is 2.78 bits per heavy atom. The van der Waals surface area contributed by atoms with Crippen LogP contribution in [0, 0.1) is 5.21 Å². The zero-order chi connectivity index (χ0) is 25.8. The van der Waals surface area contributed by atoms with Crippen LogP contribution in [0.4, 0.5) is 22.7 Å². The first kappa shape index (κ1) is 24.5. The van der Waals surface area contributed by atoms with Gasteiger partial charge >= 0.3 is 6.29 Å². The first-order valence-electron chi connectivity index (χ1n) is 11.0. The molecule has 4 heterocycles. The van der Waals surface area contributed by atoms with Gasteiger partial charge in [0.25, 0.3) is 5.92 Å². The number of hydrogen-bond acceptors (Lipinski definition) is 8. The molecule has 5 rings (SSSR count). The van der Waals surface area contributed by atoms with Crippen molar-refractivity contribution in [2.75, 3.05) is 18.4 Å². The van der Waals surface area contributed by atoms with Gasteiger partial charge in [0.2, 0.25) is 11.6 Å². The number of thiazole rings is 1. The number of hydrogen-bond donors (Lipinski definition) is 2. The number of fused-ring (bicyclic) bond motifs is 2. The van der Waals surface area contributed by atoms with E-state index in [1.807, 2.05) is 0 Å². The molecular weight excluding hydrogens is 506 g/mol. The van der Waals surface area contributed by atoms with Gasteiger partial charge in [0.1, 0.15) is 0 Å². The number of pyridine rings is 1. The minimum Gasteiger partial charge on any atom is -0.618 e. The van der Waals surface area contributed by atoms with E-state index >= 15 is 0 Å². The fourth-order valence-electron chi connectivity index (χ4n) is 4.35. The van der Waals surface area contributed by atoms with Crippen molar-refractivity contribution < 1.29 is 36.6 Å². The van der Waals surface area contributed by atoms with Crippen LogP contribution in [0.3, 0.4) is 0 Å². The number of amides is 1. The highest BCUT2D eigenvalue weighted by Gasteiger charge is 2.47. The van der Waals surface area contributed by atoms with Crippen LogP contribution in [0.15, 0.2) is 30.5 Å². The van der Waals surface area contributed by atoms with E-state index in [0.29, 0.717) is 14.9 Å². The molecule has 1 fully saturated rings. The average molecular weight is 528 g/mol. The number of benzene rings is 1. The molecule has 2 aromatic heterocycles. The second-order valence-electron chi connectivity index (χ2n) is 8.66. The summed E-state index contributed by atoms with van der Waals surface area (Å²) in [6, 6.07) is 4.59. The molecule has 2 aliphatic heterocycles. The van der Waals surface area contributed by atoms with E-state index < -0.39 is 36.5 Å². The van der Waals surface area contributed by atoms with Gasteiger partial charge in [0.05, 0.1) is 28.7 Å². The molecule has 1 aromatic carbocycles. The third kappa shape index (κ3) is 4.51. The minimum absolute atomic E-state index is 0.00826. The van der Waals surface area contributed by atoms with Crippen molar-refractivity contribution in [3.63, 3.8) is 0 Å². The summed E-state index contributed by atoms with van der Waals surface area (Å²) < 4.78 is 66.1. The summed E-state index contributed by atoms with van der Waals surface area (Å²) >= 11 is 1.05. The van der Waals surface area contributed by atoms with Gasteiger partial charge in [-0.15, -0.1) is 8.78 Å². The number of aromatic nitrogens is 2. The van der Waals surface area contributed by atoms with Gasteiger partial charge in [-0.3, -0.25) is 9.69 Å². The third-order valence-corrected chi connectivity index (χ3v) is 7.29. The second-order valence-corrected chi connectivity index (χ2v) is 9.69. The van der Waals surface area contributed by atoms with Crippen LogP contribution in [0.1, 0.15) is 30.5 Å². The lowest BCUT2D eigenvalue weighted by atomic mass is 9.86. The molecule has 3 N–H and O–H groups in total. The SMILES string of the molecule is C[C@@H](C(=O)Nc1nc2cc3c(cc2s1)OC(F)(F)O3)N1CCC(F)(F)C(c2cc[n+]([O-])c(CN)c2)C1. The van der Waals surface area contributed by atoms with Gasteiger partial charge in [-0.25, -0.2) is 13.8 Å². The quantitative estimate of drug-likeness (QED) is 0.297. The first-order chi connectivity index (χ1) is 17.0. The number of anilines is 1. The topological polar surface area (TPSA) is 117 Å². The monoisotopic (exact) mass is 527 g/mol. The standard InChI is InChI=1S/C22H21F4N5O4S/c1-11(30-5-3-21(23,24)14(10-30)12-2-4-31(33)13(6-12)9-27)19(32)29-20-28-15-7-16-17(8-18(15)36-20)35-22(25,26)34-16/h2,4,6-8,11,14H,3,5,9-10,27H2,1H3,(H,28,29,32)/t11-,14?/m0/s1. The number of carbonyl (C=O) groups excluding carboxylic acids is 1. The Balaban J connectivity index is 1.30. The molecule has 0 radical (unpaired) electrons. The maximum absolute atomic E-state index is 14.8. The highest BCUT2D eigenvalue weighted by atomic mass is 32.1. The smallest absolute Gasteiger partial charge is 0.586 e. The average Bonchev–Trinajstić information content (AvgIpc) is 3.33. The normalized spacial score (nSPS) is 21.4. The predicted octanol–water partition coefficient (Wildman–Crippen LogP) is 3.16. The molecule has 0 bridgehead atoms. The van der Waals surface area contributed by atoms with Crippen molar-refractivity contribution in [2.24, 2.45) is 5.73 Å². The predicted molar refractivity (Wildman–Crippen MR) is 121 cm³/mol. The lowest BCUT2D eigenvalue weighted by Gasteiger charge is -2.40. The maximum Gasteiger partial charge on any atom is 0.586 e. The molecule has 0 saturated carbocycles. The number of likely N-dealkylation sites (tertiary alicyclic amines) is 1. The second kappa shape index (κ2) is 8.71. The van der Waals surface area contributed by atoms with Gasteiger partial charge in [0, 0.05) is 43.8 Å². The largest absolute Gasteiger partial charge is 0.618 e. The van der Waals surface area contributed by atoms with Gasteiger partial charge in [0.15, 0.2) is 22.8 Å². The summed E-state index contributed by atoms with van der Waals surface area (Å²) in [5.74, 6) is -5.01. The summed E-state index contributed by atoms with van der Waals surface area (Å²) in [6.45, 7) is 1.39. The molecule has 192 valence electrons. The summed E-state index contributed by atoms with van der Waals surface area (Å²) in [6.07, 6.45) is -3.05. The molecule has 1 saturated heterocycles. The zero-order valence-corrected chi connectivity index (χ0v) is 19.7. The Morgan fingerprint density at radius 1 is 1.33 bits per heavy atom. The highest BCUT2D eigenvalue weighted by Crippen LogP contribution is 2.45.